The molecule has 0 bridgehead atoms. The van der Waals surface area contributed by atoms with E-state index >= 15 is 0 Å². The van der Waals surface area contributed by atoms with Crippen molar-refractivity contribution in [1.29, 1.82) is 0 Å². The average molecular weight is 305 g/mol. The Labute approximate surface area is 130 Å². The second kappa shape index (κ2) is 6.52. The largest absolute Gasteiger partial charge is 0.421 e. The predicted octanol–water partition coefficient (Wildman–Crippen LogP) is 4.38. The van der Waals surface area contributed by atoms with Gasteiger partial charge in [0.15, 0.2) is 0 Å². The van der Waals surface area contributed by atoms with E-state index in [1.807, 2.05) is 30.0 Å². The highest BCUT2D eigenvalue weighted by molar-refractivity contribution is 8.00. The molecule has 2 rings (SSSR count). The lowest BCUT2D eigenvalue weighted by molar-refractivity contribution is 0.533. The van der Waals surface area contributed by atoms with Crippen molar-refractivity contribution in [3.05, 3.63) is 30.2 Å². The molecule has 1 atom stereocenters. The number of thioether (sulfide) groups is 1. The van der Waals surface area contributed by atoms with Crippen molar-refractivity contribution in [3.63, 3.8) is 0 Å². The van der Waals surface area contributed by atoms with Crippen LogP contribution in [-0.2, 0) is 0 Å². The van der Waals surface area contributed by atoms with E-state index in [1.54, 1.807) is 6.92 Å². The van der Waals surface area contributed by atoms with Crippen LogP contribution in [0.2, 0.25) is 0 Å². The number of anilines is 1. The summed E-state index contributed by atoms with van der Waals surface area (Å²) in [4.78, 5) is 0. The van der Waals surface area contributed by atoms with Crippen LogP contribution in [0.3, 0.4) is 0 Å². The van der Waals surface area contributed by atoms with Gasteiger partial charge < -0.3 is 9.73 Å². The Hall–Kier alpha value is -1.49. The number of hydrogen-bond donors (Lipinski definition) is 1. The molecular weight excluding hydrogens is 282 g/mol. The molecule has 1 heterocycles. The first-order chi connectivity index (χ1) is 9.83. The highest BCUT2D eigenvalue weighted by atomic mass is 32.2. The summed E-state index contributed by atoms with van der Waals surface area (Å²) in [5.41, 5.74) is 2.02. The molecule has 0 saturated heterocycles. The molecule has 21 heavy (non-hydrogen) atoms. The fraction of sp³-hybridized carbons (Fsp3) is 0.500. The predicted molar refractivity (Wildman–Crippen MR) is 89.8 cm³/mol. The van der Waals surface area contributed by atoms with Crippen LogP contribution in [0.25, 0.3) is 11.5 Å². The van der Waals surface area contributed by atoms with Crippen molar-refractivity contribution >= 4 is 17.4 Å². The number of aryl methyl sites for hydroxylation is 1. The lowest BCUT2D eigenvalue weighted by Gasteiger charge is -2.22. The summed E-state index contributed by atoms with van der Waals surface area (Å²) in [6.45, 7) is 10.7. The first kappa shape index (κ1) is 15.9. The van der Waals surface area contributed by atoms with Crippen LogP contribution in [0.15, 0.2) is 28.7 Å². The fourth-order valence-electron chi connectivity index (χ4n) is 1.86. The first-order valence-electron chi connectivity index (χ1n) is 7.14. The number of rotatable bonds is 5. The van der Waals surface area contributed by atoms with Gasteiger partial charge in [0, 0.05) is 34.7 Å². The van der Waals surface area contributed by atoms with Gasteiger partial charge in [-0.3, -0.25) is 0 Å². The number of nitrogens with one attached hydrogen (secondary N) is 1. The van der Waals surface area contributed by atoms with Gasteiger partial charge in [-0.2, -0.15) is 11.8 Å². The molecule has 5 heteroatoms. The zero-order valence-corrected chi connectivity index (χ0v) is 14.1. The molecule has 114 valence electrons. The Morgan fingerprint density at radius 3 is 2.67 bits per heavy atom. The molecule has 1 aromatic carbocycles. The molecule has 1 N–H and O–H groups in total. The maximum Gasteiger partial charge on any atom is 0.247 e. The summed E-state index contributed by atoms with van der Waals surface area (Å²) < 4.78 is 5.76. The van der Waals surface area contributed by atoms with E-state index in [-0.39, 0.29) is 0 Å². The molecule has 0 aliphatic carbocycles. The summed E-state index contributed by atoms with van der Waals surface area (Å²) >= 11 is 1.96. The Morgan fingerprint density at radius 1 is 1.29 bits per heavy atom. The van der Waals surface area contributed by atoms with Gasteiger partial charge in [-0.25, -0.2) is 0 Å². The monoisotopic (exact) mass is 305 g/mol. The number of hydrogen-bond acceptors (Lipinski definition) is 5. The van der Waals surface area contributed by atoms with E-state index in [2.05, 4.69) is 49.3 Å². The van der Waals surface area contributed by atoms with Crippen molar-refractivity contribution in [3.8, 4) is 11.5 Å². The Morgan fingerprint density at radius 2 is 2.05 bits per heavy atom. The van der Waals surface area contributed by atoms with Gasteiger partial charge in [-0.15, -0.1) is 10.2 Å². The zero-order chi connectivity index (χ0) is 15.5. The van der Waals surface area contributed by atoms with E-state index in [9.17, 15) is 0 Å². The normalized spacial score (nSPS) is 13.2. The van der Waals surface area contributed by atoms with Gasteiger partial charge >= 0.3 is 0 Å². The molecule has 0 unspecified atom stereocenters. The quantitative estimate of drug-likeness (QED) is 0.888. The van der Waals surface area contributed by atoms with Crippen molar-refractivity contribution < 1.29 is 4.42 Å². The van der Waals surface area contributed by atoms with Crippen LogP contribution in [0.4, 0.5) is 5.69 Å². The van der Waals surface area contributed by atoms with Gasteiger partial charge in [0.25, 0.3) is 0 Å². The smallest absolute Gasteiger partial charge is 0.247 e. The summed E-state index contributed by atoms with van der Waals surface area (Å²) in [6.07, 6.45) is 0. The number of aromatic nitrogens is 2. The van der Waals surface area contributed by atoms with Crippen LogP contribution in [-0.4, -0.2) is 26.7 Å². The summed E-state index contributed by atoms with van der Waals surface area (Å²) in [5.74, 6) is 2.21. The molecule has 2 aromatic rings. The molecule has 0 fully saturated rings. The van der Waals surface area contributed by atoms with Crippen LogP contribution >= 0.6 is 11.8 Å². The van der Waals surface area contributed by atoms with E-state index in [4.69, 9.17) is 4.42 Å². The molecule has 0 saturated carbocycles. The van der Waals surface area contributed by atoms with Gasteiger partial charge in [0.1, 0.15) is 0 Å². The molecule has 0 amide bonds. The second-order valence-corrected chi connectivity index (χ2v) is 8.02. The molecular formula is C16H23N3OS. The summed E-state index contributed by atoms with van der Waals surface area (Å²) in [6, 6.07) is 8.48. The minimum absolute atomic E-state index is 0.291. The summed E-state index contributed by atoms with van der Waals surface area (Å²) in [5, 5.41) is 11.4. The van der Waals surface area contributed by atoms with E-state index in [0.29, 0.717) is 22.6 Å². The van der Waals surface area contributed by atoms with Crippen molar-refractivity contribution in [2.75, 3.05) is 11.1 Å². The topological polar surface area (TPSA) is 51.0 Å². The fourth-order valence-corrected chi connectivity index (χ4v) is 2.69. The third-order valence-electron chi connectivity index (χ3n) is 2.81. The standard InChI is InChI=1S/C16H23N3OS/c1-11(10-21-16(3,4)5)17-14-8-6-7-13(9-14)15-19-18-12(2)20-15/h6-9,11,17H,10H2,1-5H3/t11-/m0/s1. The van der Waals surface area contributed by atoms with E-state index < -0.39 is 0 Å². The maximum atomic E-state index is 5.47. The average Bonchev–Trinajstić information content (AvgIpc) is 2.83. The van der Waals surface area contributed by atoms with Crippen molar-refractivity contribution in [1.82, 2.24) is 10.2 Å². The third kappa shape index (κ3) is 5.08. The van der Waals surface area contributed by atoms with Gasteiger partial charge in [-0.1, -0.05) is 26.8 Å². The Bertz CT molecular complexity index is 589. The van der Waals surface area contributed by atoms with Crippen LogP contribution in [0.1, 0.15) is 33.6 Å². The molecule has 4 nitrogen and oxygen atoms in total. The second-order valence-electron chi connectivity index (χ2n) is 6.18. The maximum absolute atomic E-state index is 5.47. The van der Waals surface area contributed by atoms with Crippen molar-refractivity contribution in [2.24, 2.45) is 0 Å². The molecule has 0 radical (unpaired) electrons. The van der Waals surface area contributed by atoms with Gasteiger partial charge in [0.05, 0.1) is 0 Å². The highest BCUT2D eigenvalue weighted by Crippen LogP contribution is 2.26. The zero-order valence-electron chi connectivity index (χ0n) is 13.3. The number of benzene rings is 1. The number of nitrogens with zero attached hydrogens (tertiary/aromatic N) is 2. The lowest BCUT2D eigenvalue weighted by Crippen LogP contribution is -2.21. The van der Waals surface area contributed by atoms with Crippen LogP contribution in [0, 0.1) is 6.92 Å². The molecule has 0 aliphatic heterocycles. The van der Waals surface area contributed by atoms with E-state index in [0.717, 1.165) is 17.0 Å². The van der Waals surface area contributed by atoms with Gasteiger partial charge in [0.2, 0.25) is 11.8 Å². The third-order valence-corrected chi connectivity index (χ3v) is 4.35. The molecule has 1 aromatic heterocycles. The van der Waals surface area contributed by atoms with Crippen molar-refractivity contribution in [2.45, 2.75) is 45.4 Å². The lowest BCUT2D eigenvalue weighted by atomic mass is 10.2. The Kier molecular flexibility index (Phi) is 4.93. The molecule has 0 spiro atoms. The highest BCUT2D eigenvalue weighted by Gasteiger charge is 2.13. The van der Waals surface area contributed by atoms with Crippen LogP contribution < -0.4 is 5.32 Å². The Balaban J connectivity index is 2.01. The first-order valence-corrected chi connectivity index (χ1v) is 8.13. The van der Waals surface area contributed by atoms with E-state index in [1.165, 1.54) is 0 Å². The van der Waals surface area contributed by atoms with Gasteiger partial charge in [-0.05, 0) is 25.1 Å². The SMILES string of the molecule is Cc1nnc(-c2cccc(N[C@@H](C)CSC(C)(C)C)c2)o1. The minimum Gasteiger partial charge on any atom is -0.421 e. The minimum atomic E-state index is 0.291. The summed E-state index contributed by atoms with van der Waals surface area (Å²) in [7, 11) is 0. The van der Waals surface area contributed by atoms with Crippen LogP contribution in [0.5, 0.6) is 0 Å². The molecule has 0 aliphatic rings.